The Labute approximate surface area is 151 Å². The first kappa shape index (κ1) is 19.4. The Morgan fingerprint density at radius 1 is 1.12 bits per heavy atom. The average Bonchev–Trinajstić information content (AvgIpc) is 2.63. The first-order valence-electron chi connectivity index (χ1n) is 9.43. The van der Waals surface area contributed by atoms with Gasteiger partial charge in [0.15, 0.2) is 0 Å². The van der Waals surface area contributed by atoms with E-state index in [0.717, 1.165) is 44.5 Å². The molecule has 5 heteroatoms. The van der Waals surface area contributed by atoms with Crippen molar-refractivity contribution in [3.63, 3.8) is 0 Å². The molecular weight excluding hydrogens is 314 g/mol. The minimum absolute atomic E-state index is 0.0161. The summed E-state index contributed by atoms with van der Waals surface area (Å²) in [5.41, 5.74) is 1.03. The largest absolute Gasteiger partial charge is 0.356 e. The Bertz CT molecular complexity index is 547. The summed E-state index contributed by atoms with van der Waals surface area (Å²) in [4.78, 5) is 29.0. The van der Waals surface area contributed by atoms with E-state index in [4.69, 9.17) is 0 Å². The third-order valence-corrected chi connectivity index (χ3v) is 4.89. The Balaban J connectivity index is 2.18. The van der Waals surface area contributed by atoms with Crippen molar-refractivity contribution in [2.45, 2.75) is 45.6 Å². The fraction of sp³-hybridized carbons (Fsp3) is 0.600. The monoisotopic (exact) mass is 345 g/mol. The van der Waals surface area contributed by atoms with Crippen molar-refractivity contribution in [3.8, 4) is 0 Å². The average molecular weight is 345 g/mol. The van der Waals surface area contributed by atoms with Gasteiger partial charge in [-0.2, -0.15) is 0 Å². The lowest BCUT2D eigenvalue weighted by Gasteiger charge is -2.31. The SMILES string of the molecule is CCN1CCCCN(C(C)=O)C(c2ccccc2)CC(=O)NCCC1. The molecule has 0 bridgehead atoms. The van der Waals surface area contributed by atoms with E-state index in [2.05, 4.69) is 17.1 Å². The molecule has 0 saturated carbocycles. The van der Waals surface area contributed by atoms with Crippen molar-refractivity contribution in [1.29, 1.82) is 0 Å². The van der Waals surface area contributed by atoms with Crippen LogP contribution < -0.4 is 5.32 Å². The molecule has 0 radical (unpaired) electrons. The normalized spacial score (nSPS) is 21.6. The van der Waals surface area contributed by atoms with Gasteiger partial charge in [-0.15, -0.1) is 0 Å². The molecule has 138 valence electrons. The molecule has 1 aliphatic heterocycles. The van der Waals surface area contributed by atoms with Gasteiger partial charge in [-0.3, -0.25) is 9.59 Å². The minimum Gasteiger partial charge on any atom is -0.356 e. The van der Waals surface area contributed by atoms with Crippen LogP contribution in [0.2, 0.25) is 0 Å². The zero-order chi connectivity index (χ0) is 18.1. The van der Waals surface area contributed by atoms with E-state index < -0.39 is 0 Å². The van der Waals surface area contributed by atoms with Crippen LogP contribution in [0.1, 0.15) is 51.1 Å². The first-order chi connectivity index (χ1) is 12.1. The van der Waals surface area contributed by atoms with Crippen molar-refractivity contribution in [2.75, 3.05) is 32.7 Å². The third kappa shape index (κ3) is 6.16. The van der Waals surface area contributed by atoms with Gasteiger partial charge in [0.1, 0.15) is 0 Å². The van der Waals surface area contributed by atoms with Gasteiger partial charge in [0.05, 0.1) is 12.5 Å². The highest BCUT2D eigenvalue weighted by molar-refractivity contribution is 5.79. The quantitative estimate of drug-likeness (QED) is 0.896. The number of rotatable bonds is 2. The molecule has 25 heavy (non-hydrogen) atoms. The molecule has 1 aromatic rings. The van der Waals surface area contributed by atoms with Crippen LogP contribution in [0.15, 0.2) is 30.3 Å². The second-order valence-corrected chi connectivity index (χ2v) is 6.69. The second-order valence-electron chi connectivity index (χ2n) is 6.69. The fourth-order valence-corrected chi connectivity index (χ4v) is 3.44. The number of carbonyl (C=O) groups is 2. The van der Waals surface area contributed by atoms with Crippen LogP contribution in [-0.4, -0.2) is 54.3 Å². The summed E-state index contributed by atoms with van der Waals surface area (Å²) in [5.74, 6) is 0.0475. The van der Waals surface area contributed by atoms with E-state index in [-0.39, 0.29) is 17.9 Å². The van der Waals surface area contributed by atoms with Gasteiger partial charge >= 0.3 is 0 Å². The highest BCUT2D eigenvalue weighted by Gasteiger charge is 2.25. The van der Waals surface area contributed by atoms with Crippen molar-refractivity contribution >= 4 is 11.8 Å². The van der Waals surface area contributed by atoms with E-state index in [1.807, 2.05) is 35.2 Å². The number of nitrogens with zero attached hydrogens (tertiary/aromatic N) is 2. The molecule has 1 unspecified atom stereocenters. The van der Waals surface area contributed by atoms with Crippen molar-refractivity contribution < 1.29 is 9.59 Å². The Morgan fingerprint density at radius 3 is 2.48 bits per heavy atom. The summed E-state index contributed by atoms with van der Waals surface area (Å²) in [5, 5.41) is 3.02. The lowest BCUT2D eigenvalue weighted by atomic mass is 10.0. The summed E-state index contributed by atoms with van der Waals surface area (Å²) in [6, 6.07) is 9.70. The second kappa shape index (κ2) is 10.2. The van der Waals surface area contributed by atoms with Gasteiger partial charge in [0.25, 0.3) is 0 Å². The van der Waals surface area contributed by atoms with E-state index in [1.54, 1.807) is 6.92 Å². The molecule has 2 rings (SSSR count). The van der Waals surface area contributed by atoms with Crippen LogP contribution in [0.4, 0.5) is 0 Å². The third-order valence-electron chi connectivity index (χ3n) is 4.89. The van der Waals surface area contributed by atoms with Crippen molar-refractivity contribution in [3.05, 3.63) is 35.9 Å². The fourth-order valence-electron chi connectivity index (χ4n) is 3.44. The molecule has 1 atom stereocenters. The molecule has 0 aromatic heterocycles. The molecule has 1 fully saturated rings. The molecule has 1 aromatic carbocycles. The lowest BCUT2D eigenvalue weighted by molar-refractivity contribution is -0.133. The van der Waals surface area contributed by atoms with Gasteiger partial charge in [0.2, 0.25) is 11.8 Å². The van der Waals surface area contributed by atoms with Crippen LogP contribution in [0.25, 0.3) is 0 Å². The molecule has 1 aliphatic rings. The smallest absolute Gasteiger partial charge is 0.222 e. The van der Waals surface area contributed by atoms with Crippen LogP contribution in [-0.2, 0) is 9.59 Å². The molecule has 2 amide bonds. The van der Waals surface area contributed by atoms with Crippen molar-refractivity contribution in [2.24, 2.45) is 0 Å². The Kier molecular flexibility index (Phi) is 7.92. The zero-order valence-electron chi connectivity index (χ0n) is 15.5. The van der Waals surface area contributed by atoms with Crippen LogP contribution >= 0.6 is 0 Å². The van der Waals surface area contributed by atoms with Gasteiger partial charge in [-0.05, 0) is 44.5 Å². The Morgan fingerprint density at radius 2 is 1.80 bits per heavy atom. The summed E-state index contributed by atoms with van der Waals surface area (Å²) < 4.78 is 0. The summed E-state index contributed by atoms with van der Waals surface area (Å²) >= 11 is 0. The standard InChI is InChI=1S/C20H31N3O2/c1-3-22-13-7-8-15-23(17(2)24)19(18-10-5-4-6-11-18)16-20(25)21-12-9-14-22/h4-6,10-11,19H,3,7-9,12-16H2,1-2H3,(H,21,25). The topological polar surface area (TPSA) is 52.7 Å². The maximum Gasteiger partial charge on any atom is 0.222 e. The van der Waals surface area contributed by atoms with Gasteiger partial charge in [0, 0.05) is 20.0 Å². The molecular formula is C20H31N3O2. The number of carbonyl (C=O) groups excluding carboxylic acids is 2. The van der Waals surface area contributed by atoms with Crippen LogP contribution in [0.5, 0.6) is 0 Å². The maximum atomic E-state index is 12.4. The van der Waals surface area contributed by atoms with Crippen LogP contribution in [0.3, 0.4) is 0 Å². The van der Waals surface area contributed by atoms with Gasteiger partial charge < -0.3 is 15.1 Å². The van der Waals surface area contributed by atoms with E-state index in [9.17, 15) is 9.59 Å². The summed E-state index contributed by atoms with van der Waals surface area (Å²) in [7, 11) is 0. The molecule has 1 saturated heterocycles. The van der Waals surface area contributed by atoms with E-state index in [0.29, 0.717) is 19.5 Å². The molecule has 0 aliphatic carbocycles. The molecule has 5 nitrogen and oxygen atoms in total. The summed E-state index contributed by atoms with van der Waals surface area (Å²) in [6.45, 7) is 8.24. The predicted octanol–water partition coefficient (Wildman–Crippen LogP) is 2.59. The minimum atomic E-state index is -0.193. The highest BCUT2D eigenvalue weighted by Crippen LogP contribution is 2.25. The Hall–Kier alpha value is -1.88. The predicted molar refractivity (Wildman–Crippen MR) is 100 cm³/mol. The summed E-state index contributed by atoms with van der Waals surface area (Å²) in [6.07, 6.45) is 3.31. The molecule has 1 N–H and O–H groups in total. The molecule has 0 spiro atoms. The lowest BCUT2D eigenvalue weighted by Crippen LogP contribution is -2.37. The van der Waals surface area contributed by atoms with E-state index in [1.165, 1.54) is 0 Å². The number of nitrogens with one attached hydrogen (secondary N) is 1. The van der Waals surface area contributed by atoms with Gasteiger partial charge in [-0.25, -0.2) is 0 Å². The number of hydrogen-bond acceptors (Lipinski definition) is 3. The first-order valence-corrected chi connectivity index (χ1v) is 9.43. The number of benzene rings is 1. The number of hydrogen-bond donors (Lipinski definition) is 1. The zero-order valence-corrected chi connectivity index (χ0v) is 15.5. The van der Waals surface area contributed by atoms with Crippen LogP contribution in [0, 0.1) is 0 Å². The molecule has 1 heterocycles. The highest BCUT2D eigenvalue weighted by atomic mass is 16.2. The van der Waals surface area contributed by atoms with Crippen molar-refractivity contribution in [1.82, 2.24) is 15.1 Å². The van der Waals surface area contributed by atoms with E-state index >= 15 is 0 Å². The maximum absolute atomic E-state index is 12.4. The van der Waals surface area contributed by atoms with Gasteiger partial charge in [-0.1, -0.05) is 37.3 Å². The number of amides is 2.